The van der Waals surface area contributed by atoms with Crippen molar-refractivity contribution in [3.63, 3.8) is 0 Å². The minimum Gasteiger partial charge on any atom is -0.359 e. The summed E-state index contributed by atoms with van der Waals surface area (Å²) in [5.41, 5.74) is 0.722. The summed E-state index contributed by atoms with van der Waals surface area (Å²) in [7, 11) is 0. The van der Waals surface area contributed by atoms with Crippen molar-refractivity contribution in [3.05, 3.63) is 24.0 Å². The minimum atomic E-state index is 0.133. The average Bonchev–Trinajstić information content (AvgIpc) is 2.53. The molecule has 0 saturated heterocycles. The van der Waals surface area contributed by atoms with E-state index in [1.165, 1.54) is 0 Å². The maximum absolute atomic E-state index is 11.4. The van der Waals surface area contributed by atoms with Gasteiger partial charge in [0.25, 0.3) is 0 Å². The van der Waals surface area contributed by atoms with Gasteiger partial charge in [0.15, 0.2) is 5.78 Å². The third-order valence-electron chi connectivity index (χ3n) is 1.92. The highest BCUT2D eigenvalue weighted by molar-refractivity contribution is 5.95. The molecule has 11 heavy (non-hydrogen) atoms. The Morgan fingerprint density at radius 2 is 2.45 bits per heavy atom. The van der Waals surface area contributed by atoms with Gasteiger partial charge in [-0.3, -0.25) is 4.79 Å². The number of rotatable bonds is 3. The van der Waals surface area contributed by atoms with Crippen molar-refractivity contribution in [3.8, 4) is 0 Å². The van der Waals surface area contributed by atoms with Crippen molar-refractivity contribution in [2.24, 2.45) is 5.92 Å². The SMILES string of the molecule is CCC(C)C(=O)c1ccc[nH]1. The quantitative estimate of drug-likeness (QED) is 0.660. The lowest BCUT2D eigenvalue weighted by Gasteiger charge is -2.03. The molecule has 0 fully saturated rings. The fraction of sp³-hybridized carbons (Fsp3) is 0.444. The summed E-state index contributed by atoms with van der Waals surface area (Å²) < 4.78 is 0. The van der Waals surface area contributed by atoms with Crippen molar-refractivity contribution in [2.45, 2.75) is 20.3 Å². The van der Waals surface area contributed by atoms with E-state index in [1.807, 2.05) is 26.0 Å². The number of hydrogen-bond acceptors (Lipinski definition) is 1. The number of aromatic nitrogens is 1. The summed E-state index contributed by atoms with van der Waals surface area (Å²) >= 11 is 0. The molecule has 1 unspecified atom stereocenters. The molecule has 0 amide bonds. The van der Waals surface area contributed by atoms with Gasteiger partial charge in [-0.25, -0.2) is 0 Å². The van der Waals surface area contributed by atoms with Crippen molar-refractivity contribution in [1.29, 1.82) is 0 Å². The standard InChI is InChI=1S/C9H13NO/c1-3-7(2)9(11)8-5-4-6-10-8/h4-7,10H,3H2,1-2H3. The van der Waals surface area contributed by atoms with E-state index in [4.69, 9.17) is 0 Å². The molecule has 1 rings (SSSR count). The Labute approximate surface area is 66.6 Å². The Hall–Kier alpha value is -1.05. The van der Waals surface area contributed by atoms with Crippen LogP contribution in [0.3, 0.4) is 0 Å². The van der Waals surface area contributed by atoms with Gasteiger partial charge in [-0.15, -0.1) is 0 Å². The number of nitrogens with one attached hydrogen (secondary N) is 1. The second kappa shape index (κ2) is 3.37. The average molecular weight is 151 g/mol. The molecule has 1 heterocycles. The Morgan fingerprint density at radius 3 is 2.91 bits per heavy atom. The molecule has 0 aliphatic rings. The zero-order chi connectivity index (χ0) is 8.27. The van der Waals surface area contributed by atoms with Crippen molar-refractivity contribution in [1.82, 2.24) is 4.98 Å². The van der Waals surface area contributed by atoms with Gasteiger partial charge in [-0.1, -0.05) is 13.8 Å². The first kappa shape index (κ1) is 8.05. The topological polar surface area (TPSA) is 32.9 Å². The Kier molecular flexibility index (Phi) is 2.47. The molecule has 2 heteroatoms. The van der Waals surface area contributed by atoms with Crippen LogP contribution in [0.1, 0.15) is 30.8 Å². The summed E-state index contributed by atoms with van der Waals surface area (Å²) in [5, 5.41) is 0. The van der Waals surface area contributed by atoms with Gasteiger partial charge in [0.1, 0.15) is 0 Å². The zero-order valence-corrected chi connectivity index (χ0v) is 6.92. The van der Waals surface area contributed by atoms with Crippen LogP contribution < -0.4 is 0 Å². The second-order valence-electron chi connectivity index (χ2n) is 2.76. The van der Waals surface area contributed by atoms with Gasteiger partial charge in [0.2, 0.25) is 0 Å². The third-order valence-corrected chi connectivity index (χ3v) is 1.92. The molecule has 0 bridgehead atoms. The van der Waals surface area contributed by atoms with Crippen LogP contribution in [-0.2, 0) is 0 Å². The second-order valence-corrected chi connectivity index (χ2v) is 2.76. The molecule has 60 valence electrons. The van der Waals surface area contributed by atoms with Crippen LogP contribution in [0.4, 0.5) is 0 Å². The molecule has 0 aliphatic heterocycles. The predicted molar refractivity (Wildman–Crippen MR) is 44.6 cm³/mol. The summed E-state index contributed by atoms with van der Waals surface area (Å²) in [6, 6.07) is 3.66. The molecular weight excluding hydrogens is 138 g/mol. The van der Waals surface area contributed by atoms with Crippen LogP contribution >= 0.6 is 0 Å². The van der Waals surface area contributed by atoms with E-state index in [0.29, 0.717) is 0 Å². The number of hydrogen-bond donors (Lipinski definition) is 1. The minimum absolute atomic E-state index is 0.133. The predicted octanol–water partition coefficient (Wildman–Crippen LogP) is 2.24. The van der Waals surface area contributed by atoms with E-state index in [2.05, 4.69) is 4.98 Å². The van der Waals surface area contributed by atoms with Gasteiger partial charge < -0.3 is 4.98 Å². The Balaban J connectivity index is 2.70. The molecule has 0 saturated carbocycles. The fourth-order valence-corrected chi connectivity index (χ4v) is 0.934. The highest BCUT2D eigenvalue weighted by atomic mass is 16.1. The lowest BCUT2D eigenvalue weighted by molar-refractivity contribution is 0.0923. The number of ketones is 1. The lowest BCUT2D eigenvalue weighted by atomic mass is 10.0. The highest BCUT2D eigenvalue weighted by Crippen LogP contribution is 2.08. The molecule has 1 aromatic rings. The lowest BCUT2D eigenvalue weighted by Crippen LogP contribution is -2.10. The fourth-order valence-electron chi connectivity index (χ4n) is 0.934. The number of carbonyl (C=O) groups excluding carboxylic acids is 1. The van der Waals surface area contributed by atoms with Crippen molar-refractivity contribution >= 4 is 5.78 Å². The van der Waals surface area contributed by atoms with Crippen LogP contribution in [0.25, 0.3) is 0 Å². The monoisotopic (exact) mass is 151 g/mol. The summed E-state index contributed by atoms with van der Waals surface area (Å²) in [6.07, 6.45) is 2.67. The molecule has 1 aromatic heterocycles. The van der Waals surface area contributed by atoms with E-state index in [0.717, 1.165) is 12.1 Å². The van der Waals surface area contributed by atoms with E-state index in [-0.39, 0.29) is 11.7 Å². The van der Waals surface area contributed by atoms with Crippen molar-refractivity contribution in [2.75, 3.05) is 0 Å². The number of Topliss-reactive ketones (excluding diaryl/α,β-unsaturated/α-hetero) is 1. The first-order valence-corrected chi connectivity index (χ1v) is 3.93. The number of aromatic amines is 1. The zero-order valence-electron chi connectivity index (χ0n) is 6.92. The number of H-pyrrole nitrogens is 1. The molecule has 0 radical (unpaired) electrons. The van der Waals surface area contributed by atoms with Gasteiger partial charge in [0, 0.05) is 12.1 Å². The summed E-state index contributed by atoms with van der Waals surface area (Å²) in [4.78, 5) is 14.3. The normalized spacial score (nSPS) is 12.9. The molecule has 0 aromatic carbocycles. The van der Waals surface area contributed by atoms with E-state index in [1.54, 1.807) is 6.20 Å². The Bertz CT molecular complexity index is 226. The molecular formula is C9H13NO. The maximum atomic E-state index is 11.4. The molecule has 0 spiro atoms. The molecule has 1 N–H and O–H groups in total. The van der Waals surface area contributed by atoms with Gasteiger partial charge in [-0.2, -0.15) is 0 Å². The van der Waals surface area contributed by atoms with Gasteiger partial charge in [-0.05, 0) is 18.6 Å². The third kappa shape index (κ3) is 1.70. The summed E-state index contributed by atoms with van der Waals surface area (Å²) in [6.45, 7) is 3.97. The first-order valence-electron chi connectivity index (χ1n) is 3.93. The summed E-state index contributed by atoms with van der Waals surface area (Å²) in [5.74, 6) is 0.339. The van der Waals surface area contributed by atoms with Gasteiger partial charge in [0.05, 0.1) is 5.69 Å². The Morgan fingerprint density at radius 1 is 1.73 bits per heavy atom. The maximum Gasteiger partial charge on any atom is 0.181 e. The van der Waals surface area contributed by atoms with Crippen molar-refractivity contribution < 1.29 is 4.79 Å². The van der Waals surface area contributed by atoms with Crippen LogP contribution in [0.5, 0.6) is 0 Å². The molecule has 2 nitrogen and oxygen atoms in total. The number of carbonyl (C=O) groups is 1. The first-order chi connectivity index (χ1) is 5.25. The molecule has 0 aliphatic carbocycles. The van der Waals surface area contributed by atoms with Gasteiger partial charge >= 0.3 is 0 Å². The van der Waals surface area contributed by atoms with Crippen LogP contribution in [-0.4, -0.2) is 10.8 Å². The molecule has 1 atom stereocenters. The van der Waals surface area contributed by atoms with Crippen LogP contribution in [0.15, 0.2) is 18.3 Å². The smallest absolute Gasteiger partial charge is 0.181 e. The van der Waals surface area contributed by atoms with Crippen LogP contribution in [0.2, 0.25) is 0 Å². The highest BCUT2D eigenvalue weighted by Gasteiger charge is 2.12. The van der Waals surface area contributed by atoms with E-state index >= 15 is 0 Å². The van der Waals surface area contributed by atoms with E-state index < -0.39 is 0 Å². The van der Waals surface area contributed by atoms with Crippen LogP contribution in [0, 0.1) is 5.92 Å². The van der Waals surface area contributed by atoms with E-state index in [9.17, 15) is 4.79 Å². The largest absolute Gasteiger partial charge is 0.359 e.